The molecule has 0 aliphatic carbocycles. The monoisotopic (exact) mass is 298 g/mol. The Hall–Kier alpha value is -0.950. The molecule has 5 nitrogen and oxygen atoms in total. The van der Waals surface area contributed by atoms with E-state index in [2.05, 4.69) is 5.32 Å². The van der Waals surface area contributed by atoms with Crippen LogP contribution < -0.4 is 5.32 Å². The average Bonchev–Trinajstić information content (AvgIpc) is 2.48. The minimum Gasteiger partial charge on any atom is -0.374 e. The van der Waals surface area contributed by atoms with Crippen molar-refractivity contribution in [1.29, 1.82) is 0 Å². The van der Waals surface area contributed by atoms with Crippen molar-refractivity contribution < 1.29 is 13.2 Å². The van der Waals surface area contributed by atoms with Gasteiger partial charge >= 0.3 is 0 Å². The van der Waals surface area contributed by atoms with Crippen molar-refractivity contribution in [3.8, 4) is 0 Å². The van der Waals surface area contributed by atoms with Gasteiger partial charge in [0.2, 0.25) is 10.0 Å². The maximum absolute atomic E-state index is 12.5. The number of hydrogen-bond acceptors (Lipinski definition) is 4. The molecule has 1 aliphatic rings. The van der Waals surface area contributed by atoms with Crippen LogP contribution >= 0.6 is 0 Å². The highest BCUT2D eigenvalue weighted by atomic mass is 32.2. The molecule has 0 saturated carbocycles. The quantitative estimate of drug-likeness (QED) is 0.876. The molecule has 1 heterocycles. The predicted octanol–water partition coefficient (Wildman–Crippen LogP) is 0.858. The van der Waals surface area contributed by atoms with Gasteiger partial charge < -0.3 is 10.1 Å². The summed E-state index contributed by atoms with van der Waals surface area (Å²) >= 11 is 0. The molecule has 1 aromatic rings. The van der Waals surface area contributed by atoms with Crippen LogP contribution in [0.5, 0.6) is 0 Å². The number of aryl methyl sites for hydroxylation is 1. The van der Waals surface area contributed by atoms with Gasteiger partial charge in [-0.2, -0.15) is 4.31 Å². The first kappa shape index (κ1) is 15.4. The zero-order valence-corrected chi connectivity index (χ0v) is 12.8. The fourth-order valence-corrected chi connectivity index (χ4v) is 3.40. The normalized spacial score (nSPS) is 20.2. The molecular weight excluding hydrogens is 276 g/mol. The molecule has 0 amide bonds. The lowest BCUT2D eigenvalue weighted by atomic mass is 10.2. The molecule has 0 spiro atoms. The number of likely N-dealkylation sites (N-methyl/N-ethyl adjacent to an activating group) is 1. The number of ether oxygens (including phenoxy) is 1. The van der Waals surface area contributed by atoms with Gasteiger partial charge in [-0.25, -0.2) is 8.42 Å². The summed E-state index contributed by atoms with van der Waals surface area (Å²) in [6.45, 7) is 4.55. The van der Waals surface area contributed by atoms with Crippen LogP contribution in [0.1, 0.15) is 12.5 Å². The fraction of sp³-hybridized carbons (Fsp3) is 0.571. The second-order valence-electron chi connectivity index (χ2n) is 4.98. The summed E-state index contributed by atoms with van der Waals surface area (Å²) in [6, 6.07) is 7.06. The summed E-state index contributed by atoms with van der Waals surface area (Å²) < 4.78 is 31.8. The van der Waals surface area contributed by atoms with Gasteiger partial charge in [0, 0.05) is 26.7 Å². The van der Waals surface area contributed by atoms with Crippen molar-refractivity contribution >= 4 is 10.0 Å². The Balaban J connectivity index is 2.07. The number of morpholine rings is 1. The standard InChI is InChI=1S/C14H22N2O3S/c1-3-12-4-6-14(7-5-12)20(17,18)16(2)11-13-10-15-8-9-19-13/h4-7,13,15H,3,8-11H2,1-2H3. The Morgan fingerprint density at radius 3 is 2.60 bits per heavy atom. The first-order valence-corrected chi connectivity index (χ1v) is 8.35. The summed E-state index contributed by atoms with van der Waals surface area (Å²) in [5, 5.41) is 3.20. The molecule has 112 valence electrons. The lowest BCUT2D eigenvalue weighted by molar-refractivity contribution is 0.0206. The Labute approximate surface area is 121 Å². The molecule has 0 radical (unpaired) electrons. The van der Waals surface area contributed by atoms with Gasteiger partial charge in [-0.1, -0.05) is 19.1 Å². The van der Waals surface area contributed by atoms with E-state index in [-0.39, 0.29) is 6.10 Å². The highest BCUT2D eigenvalue weighted by molar-refractivity contribution is 7.89. The molecule has 1 saturated heterocycles. The van der Waals surface area contributed by atoms with Crippen LogP contribution in [0.25, 0.3) is 0 Å². The largest absolute Gasteiger partial charge is 0.374 e. The number of nitrogens with one attached hydrogen (secondary N) is 1. The van der Waals surface area contributed by atoms with E-state index in [1.54, 1.807) is 19.2 Å². The Kier molecular flexibility index (Phi) is 5.15. The maximum Gasteiger partial charge on any atom is 0.242 e. The lowest BCUT2D eigenvalue weighted by Gasteiger charge is -2.27. The zero-order valence-electron chi connectivity index (χ0n) is 12.0. The summed E-state index contributed by atoms with van der Waals surface area (Å²) in [4.78, 5) is 0.334. The average molecular weight is 298 g/mol. The molecule has 1 aliphatic heterocycles. The van der Waals surface area contributed by atoms with Gasteiger partial charge in [-0.15, -0.1) is 0 Å². The van der Waals surface area contributed by atoms with E-state index >= 15 is 0 Å². The van der Waals surface area contributed by atoms with Crippen LogP contribution in [0.4, 0.5) is 0 Å². The van der Waals surface area contributed by atoms with Gasteiger partial charge in [0.1, 0.15) is 0 Å². The van der Waals surface area contributed by atoms with E-state index in [1.807, 2.05) is 19.1 Å². The van der Waals surface area contributed by atoms with Crippen LogP contribution in [0, 0.1) is 0 Å². The van der Waals surface area contributed by atoms with Crippen molar-refractivity contribution in [2.75, 3.05) is 33.3 Å². The minimum atomic E-state index is -3.44. The smallest absolute Gasteiger partial charge is 0.242 e. The summed E-state index contributed by atoms with van der Waals surface area (Å²) in [5.41, 5.74) is 1.13. The van der Waals surface area contributed by atoms with E-state index in [9.17, 15) is 8.42 Å². The topological polar surface area (TPSA) is 58.6 Å². The van der Waals surface area contributed by atoms with Gasteiger partial charge in [-0.3, -0.25) is 0 Å². The summed E-state index contributed by atoms with van der Waals surface area (Å²) in [5.74, 6) is 0. The lowest BCUT2D eigenvalue weighted by Crippen LogP contribution is -2.45. The van der Waals surface area contributed by atoms with Crippen LogP contribution in [-0.2, 0) is 21.2 Å². The third-order valence-electron chi connectivity index (χ3n) is 3.50. The first-order valence-electron chi connectivity index (χ1n) is 6.91. The van der Waals surface area contributed by atoms with Gasteiger partial charge in [0.05, 0.1) is 17.6 Å². The van der Waals surface area contributed by atoms with E-state index < -0.39 is 10.0 Å². The number of hydrogen-bond donors (Lipinski definition) is 1. The van der Waals surface area contributed by atoms with Crippen molar-refractivity contribution in [1.82, 2.24) is 9.62 Å². The molecule has 1 unspecified atom stereocenters. The number of benzene rings is 1. The van der Waals surface area contributed by atoms with Crippen molar-refractivity contribution in [3.05, 3.63) is 29.8 Å². The molecule has 1 aromatic carbocycles. The Bertz CT molecular complexity index is 522. The van der Waals surface area contributed by atoms with E-state index in [0.717, 1.165) is 18.5 Å². The van der Waals surface area contributed by atoms with E-state index in [1.165, 1.54) is 4.31 Å². The second-order valence-corrected chi connectivity index (χ2v) is 7.02. The Morgan fingerprint density at radius 1 is 1.35 bits per heavy atom. The third kappa shape index (κ3) is 3.58. The highest BCUT2D eigenvalue weighted by Gasteiger charge is 2.25. The van der Waals surface area contributed by atoms with Gasteiger partial charge in [-0.05, 0) is 24.1 Å². The molecule has 0 aromatic heterocycles. The minimum absolute atomic E-state index is 0.0848. The van der Waals surface area contributed by atoms with Crippen molar-refractivity contribution in [2.45, 2.75) is 24.3 Å². The molecule has 1 atom stereocenters. The molecular formula is C14H22N2O3S. The molecule has 6 heteroatoms. The van der Waals surface area contributed by atoms with Crippen LogP contribution in [0.2, 0.25) is 0 Å². The van der Waals surface area contributed by atoms with Crippen molar-refractivity contribution in [2.24, 2.45) is 0 Å². The summed E-state index contributed by atoms with van der Waals surface area (Å²) in [6.07, 6.45) is 0.816. The van der Waals surface area contributed by atoms with Crippen LogP contribution in [0.3, 0.4) is 0 Å². The summed E-state index contributed by atoms with van der Waals surface area (Å²) in [7, 11) is -1.84. The molecule has 0 bridgehead atoms. The van der Waals surface area contributed by atoms with Gasteiger partial charge in [0.15, 0.2) is 0 Å². The highest BCUT2D eigenvalue weighted by Crippen LogP contribution is 2.16. The SMILES string of the molecule is CCc1ccc(S(=O)(=O)N(C)CC2CNCCO2)cc1. The maximum atomic E-state index is 12.5. The second kappa shape index (κ2) is 6.67. The van der Waals surface area contributed by atoms with Gasteiger partial charge in [0.25, 0.3) is 0 Å². The third-order valence-corrected chi connectivity index (χ3v) is 5.34. The molecule has 1 N–H and O–H groups in total. The van der Waals surface area contributed by atoms with Crippen LogP contribution in [0.15, 0.2) is 29.2 Å². The predicted molar refractivity (Wildman–Crippen MR) is 78.2 cm³/mol. The number of sulfonamides is 1. The molecule has 2 rings (SSSR count). The van der Waals surface area contributed by atoms with E-state index in [4.69, 9.17) is 4.74 Å². The van der Waals surface area contributed by atoms with Crippen LogP contribution in [-0.4, -0.2) is 52.1 Å². The van der Waals surface area contributed by atoms with E-state index in [0.29, 0.717) is 24.6 Å². The first-order chi connectivity index (χ1) is 9.54. The Morgan fingerprint density at radius 2 is 2.05 bits per heavy atom. The molecule has 1 fully saturated rings. The molecule has 20 heavy (non-hydrogen) atoms. The fourth-order valence-electron chi connectivity index (χ4n) is 2.20. The zero-order chi connectivity index (χ0) is 14.6. The van der Waals surface area contributed by atoms with Crippen molar-refractivity contribution in [3.63, 3.8) is 0 Å². The number of nitrogens with zero attached hydrogens (tertiary/aromatic N) is 1. The number of rotatable bonds is 5.